The fraction of sp³-hybridized carbons (Fsp3) is 0.227. The second-order valence-electron chi connectivity index (χ2n) is 6.94. The molecule has 3 rings (SSSR count). The van der Waals surface area contributed by atoms with E-state index in [2.05, 4.69) is 15.3 Å². The Morgan fingerprint density at radius 3 is 2.33 bits per heavy atom. The molecule has 0 saturated carbocycles. The summed E-state index contributed by atoms with van der Waals surface area (Å²) in [5.74, 6) is 0.0222. The van der Waals surface area contributed by atoms with Crippen LogP contribution in [-0.2, 0) is 16.5 Å². The number of aromatic nitrogens is 2. The van der Waals surface area contributed by atoms with Crippen LogP contribution >= 0.6 is 0 Å². The summed E-state index contributed by atoms with van der Waals surface area (Å²) >= 11 is 0. The molecule has 0 spiro atoms. The van der Waals surface area contributed by atoms with Crippen molar-refractivity contribution in [1.29, 1.82) is 0 Å². The van der Waals surface area contributed by atoms with Crippen LogP contribution in [0.2, 0.25) is 0 Å². The quantitative estimate of drug-likeness (QED) is 0.501. The smallest absolute Gasteiger partial charge is 0.252 e. The van der Waals surface area contributed by atoms with Gasteiger partial charge in [-0.15, -0.1) is 0 Å². The molecule has 0 saturated heterocycles. The van der Waals surface area contributed by atoms with E-state index in [0.29, 0.717) is 28.1 Å². The number of carbonyl (C=O) groups is 1. The molecule has 2 aromatic carbocycles. The first-order valence-corrected chi connectivity index (χ1v) is 10.8. The van der Waals surface area contributed by atoms with Gasteiger partial charge < -0.3 is 10.4 Å². The predicted octanol–water partition coefficient (Wildman–Crippen LogP) is 2.34. The number of nitrogens with one attached hydrogen (secondary N) is 1. The topological polar surface area (TPSA) is 109 Å². The van der Waals surface area contributed by atoms with Crippen molar-refractivity contribution in [1.82, 2.24) is 15.3 Å². The second-order valence-corrected chi connectivity index (χ2v) is 7.92. The maximum atomic E-state index is 13.1. The molecule has 0 aliphatic heterocycles. The van der Waals surface area contributed by atoms with E-state index in [0.717, 1.165) is 11.1 Å². The molecule has 8 heteroatoms. The van der Waals surface area contributed by atoms with Crippen molar-refractivity contribution in [3.05, 3.63) is 82.9 Å². The number of nitrogens with zero attached hydrogens (tertiary/aromatic N) is 2. The van der Waals surface area contributed by atoms with Crippen molar-refractivity contribution in [3.63, 3.8) is 0 Å². The molecule has 1 amide bonds. The van der Waals surface area contributed by atoms with Gasteiger partial charge in [0.15, 0.2) is 0 Å². The fourth-order valence-corrected chi connectivity index (χ4v) is 3.77. The molecule has 0 aliphatic carbocycles. The Labute approximate surface area is 176 Å². The zero-order valence-electron chi connectivity index (χ0n) is 16.7. The molecule has 30 heavy (non-hydrogen) atoms. The largest absolute Gasteiger partial charge is 0.394 e. The van der Waals surface area contributed by atoms with Crippen molar-refractivity contribution in [3.8, 4) is 11.1 Å². The Hall–Kier alpha value is -3.10. The molecular formula is C22H23N3O4S. The van der Waals surface area contributed by atoms with Gasteiger partial charge in [0, 0.05) is 23.5 Å². The van der Waals surface area contributed by atoms with Crippen LogP contribution in [0.1, 0.15) is 38.9 Å². The average Bonchev–Trinajstić information content (AvgIpc) is 2.74. The van der Waals surface area contributed by atoms with Crippen molar-refractivity contribution < 1.29 is 18.3 Å². The number of hydrogen-bond donors (Lipinski definition) is 3. The minimum absolute atomic E-state index is 0.155. The molecule has 1 atom stereocenters. The molecule has 0 fully saturated rings. The molecule has 1 aromatic heterocycles. The molecule has 0 radical (unpaired) electrons. The summed E-state index contributed by atoms with van der Waals surface area (Å²) in [5, 5.41) is 12.6. The van der Waals surface area contributed by atoms with Gasteiger partial charge in [0.2, 0.25) is 0 Å². The summed E-state index contributed by atoms with van der Waals surface area (Å²) in [4.78, 5) is 21.3. The van der Waals surface area contributed by atoms with Crippen molar-refractivity contribution in [2.75, 3.05) is 6.61 Å². The van der Waals surface area contributed by atoms with Gasteiger partial charge >= 0.3 is 0 Å². The third kappa shape index (κ3) is 5.08. The number of aliphatic hydroxyl groups excluding tert-OH is 1. The molecule has 0 aliphatic rings. The lowest BCUT2D eigenvalue weighted by molar-refractivity contribution is 0.0915. The second kappa shape index (κ2) is 9.60. The fourth-order valence-electron chi connectivity index (χ4n) is 3.16. The van der Waals surface area contributed by atoms with Gasteiger partial charge in [0.1, 0.15) is 16.5 Å². The van der Waals surface area contributed by atoms with Crippen LogP contribution in [-0.4, -0.2) is 36.0 Å². The third-order valence-corrected chi connectivity index (χ3v) is 5.46. The highest BCUT2D eigenvalue weighted by molar-refractivity contribution is 7.71. The van der Waals surface area contributed by atoms with Gasteiger partial charge in [-0.3, -0.25) is 4.79 Å². The molecule has 0 bridgehead atoms. The van der Waals surface area contributed by atoms with Crippen molar-refractivity contribution in [2.24, 2.45) is 0 Å². The van der Waals surface area contributed by atoms with E-state index in [1.165, 1.54) is 0 Å². The molecule has 156 valence electrons. The molecular weight excluding hydrogens is 402 g/mol. The summed E-state index contributed by atoms with van der Waals surface area (Å²) in [6.07, 6.45) is 3.12. The summed E-state index contributed by atoms with van der Waals surface area (Å²) in [7, 11) is -2.65. The highest BCUT2D eigenvalue weighted by Crippen LogP contribution is 2.27. The van der Waals surface area contributed by atoms with Crippen molar-refractivity contribution >= 4 is 16.6 Å². The average molecular weight is 426 g/mol. The number of carbonyl (C=O) groups excluding carboxylic acids is 1. The van der Waals surface area contributed by atoms with E-state index in [1.54, 1.807) is 38.4 Å². The molecule has 7 nitrogen and oxygen atoms in total. The Morgan fingerprint density at radius 1 is 1.07 bits per heavy atom. The molecule has 2 N–H and O–H groups in total. The van der Waals surface area contributed by atoms with Crippen LogP contribution in [0.25, 0.3) is 11.1 Å². The first kappa shape index (κ1) is 21.6. The minimum atomic E-state index is -2.65. The van der Waals surface area contributed by atoms with E-state index in [9.17, 15) is 18.3 Å². The van der Waals surface area contributed by atoms with E-state index in [1.807, 2.05) is 30.3 Å². The van der Waals surface area contributed by atoms with Crippen LogP contribution in [0.15, 0.2) is 54.9 Å². The van der Waals surface area contributed by atoms with Crippen LogP contribution in [0.3, 0.4) is 0 Å². The van der Waals surface area contributed by atoms with Gasteiger partial charge in [0.05, 0.1) is 18.4 Å². The lowest BCUT2D eigenvalue weighted by atomic mass is 9.95. The van der Waals surface area contributed by atoms with Gasteiger partial charge in [-0.2, -0.15) is 0 Å². The Morgan fingerprint density at radius 2 is 1.73 bits per heavy atom. The van der Waals surface area contributed by atoms with Gasteiger partial charge in [0.25, 0.3) is 5.91 Å². The SMILES string of the molecule is Cc1ncc([C@@H](CO)NC(=O)c2cc(-c3ccccc3)cc(C[SH](=O)=O)c2C)cn1. The first-order valence-electron chi connectivity index (χ1n) is 9.40. The van der Waals surface area contributed by atoms with Crippen LogP contribution in [0.5, 0.6) is 0 Å². The van der Waals surface area contributed by atoms with E-state index >= 15 is 0 Å². The maximum Gasteiger partial charge on any atom is 0.252 e. The van der Waals surface area contributed by atoms with Gasteiger partial charge in [-0.05, 0) is 48.2 Å². The Bertz CT molecular complexity index is 1110. The number of rotatable bonds is 7. The standard InChI is InChI=1S/C22H23N3O4S/c1-14-18(13-30(28)29)8-17(16-6-4-3-5-7-16)9-20(14)22(27)25-21(12-26)19-10-23-15(2)24-11-19/h3-11,21,26,30H,12-13H2,1-2H3,(H,25,27)/t21-/m1/s1. The van der Waals surface area contributed by atoms with E-state index < -0.39 is 22.7 Å². The number of benzene rings is 2. The number of aliphatic hydroxyl groups is 1. The van der Waals surface area contributed by atoms with Gasteiger partial charge in [-0.25, -0.2) is 18.4 Å². The number of aryl methyl sites for hydroxylation is 1. The summed E-state index contributed by atoms with van der Waals surface area (Å²) in [6.45, 7) is 3.15. The predicted molar refractivity (Wildman–Crippen MR) is 115 cm³/mol. The summed E-state index contributed by atoms with van der Waals surface area (Å²) in [5.41, 5.74) is 3.71. The highest BCUT2D eigenvalue weighted by Gasteiger charge is 2.20. The molecule has 3 aromatic rings. The molecule has 1 heterocycles. The van der Waals surface area contributed by atoms with E-state index in [-0.39, 0.29) is 12.4 Å². The lowest BCUT2D eigenvalue weighted by Crippen LogP contribution is -2.31. The van der Waals surface area contributed by atoms with Gasteiger partial charge in [-0.1, -0.05) is 30.3 Å². The summed E-state index contributed by atoms with van der Waals surface area (Å²) in [6, 6.07) is 12.3. The zero-order chi connectivity index (χ0) is 21.7. The third-order valence-electron chi connectivity index (χ3n) is 4.86. The van der Waals surface area contributed by atoms with E-state index in [4.69, 9.17) is 0 Å². The minimum Gasteiger partial charge on any atom is -0.394 e. The summed E-state index contributed by atoms with van der Waals surface area (Å²) < 4.78 is 22.8. The number of amides is 1. The van der Waals surface area contributed by atoms with Crippen LogP contribution in [0, 0.1) is 13.8 Å². The first-order chi connectivity index (χ1) is 14.4. The number of thiol groups is 1. The van der Waals surface area contributed by atoms with Crippen LogP contribution in [0.4, 0.5) is 0 Å². The Balaban J connectivity index is 2.00. The maximum absolute atomic E-state index is 13.1. The van der Waals surface area contributed by atoms with Crippen molar-refractivity contribution in [2.45, 2.75) is 25.6 Å². The monoisotopic (exact) mass is 425 g/mol. The van der Waals surface area contributed by atoms with Crippen LogP contribution < -0.4 is 5.32 Å². The normalized spacial score (nSPS) is 12.0. The number of hydrogen-bond acceptors (Lipinski definition) is 6. The highest BCUT2D eigenvalue weighted by atomic mass is 32.2. The molecule has 0 unspecified atom stereocenters. The lowest BCUT2D eigenvalue weighted by Gasteiger charge is -2.19. The Kier molecular flexibility index (Phi) is 6.91. The zero-order valence-corrected chi connectivity index (χ0v) is 17.6.